The molecule has 29 heavy (non-hydrogen) atoms. The Hall–Kier alpha value is -2.82. The van der Waals surface area contributed by atoms with Gasteiger partial charge in [0, 0.05) is 21.0 Å². The van der Waals surface area contributed by atoms with E-state index in [1.807, 2.05) is 36.4 Å². The Labute approximate surface area is 176 Å². The first-order chi connectivity index (χ1) is 14.0. The molecular weight excluding hydrogens is 412 g/mol. The molecule has 0 spiro atoms. The lowest BCUT2D eigenvalue weighted by atomic mass is 9.99. The molecule has 0 atom stereocenters. The van der Waals surface area contributed by atoms with E-state index in [4.69, 9.17) is 27.9 Å². The summed E-state index contributed by atoms with van der Waals surface area (Å²) in [6, 6.07) is 19.0. The number of fused-ring (bicyclic) bond motifs is 1. The number of halogens is 3. The van der Waals surface area contributed by atoms with E-state index in [2.05, 4.69) is 0 Å². The maximum Gasteiger partial charge on any atom is 0.294 e. The summed E-state index contributed by atoms with van der Waals surface area (Å²) in [5, 5.41) is 1.57. The maximum absolute atomic E-state index is 13.4. The molecule has 146 valence electrons. The third-order valence-electron chi connectivity index (χ3n) is 4.80. The SMILES string of the molecule is COc1c(-c2ccccc2)c2cc(Cl)ccc2n(Cc2ccc(F)cc2Cl)c1=O. The fourth-order valence-electron chi connectivity index (χ4n) is 3.46. The molecule has 1 heterocycles. The van der Waals surface area contributed by atoms with Crippen molar-refractivity contribution in [3.63, 3.8) is 0 Å². The van der Waals surface area contributed by atoms with Crippen LogP contribution in [-0.4, -0.2) is 11.7 Å². The van der Waals surface area contributed by atoms with Crippen LogP contribution < -0.4 is 10.3 Å². The van der Waals surface area contributed by atoms with Gasteiger partial charge in [-0.2, -0.15) is 0 Å². The Morgan fingerprint density at radius 1 is 1.00 bits per heavy atom. The molecule has 0 fully saturated rings. The molecule has 3 aromatic carbocycles. The zero-order valence-electron chi connectivity index (χ0n) is 15.5. The van der Waals surface area contributed by atoms with Gasteiger partial charge < -0.3 is 9.30 Å². The van der Waals surface area contributed by atoms with Crippen LogP contribution in [0.2, 0.25) is 10.0 Å². The van der Waals surface area contributed by atoms with Crippen molar-refractivity contribution in [3.8, 4) is 16.9 Å². The second-order valence-corrected chi connectivity index (χ2v) is 7.41. The molecule has 0 saturated carbocycles. The lowest BCUT2D eigenvalue weighted by Gasteiger charge is -2.18. The van der Waals surface area contributed by atoms with Gasteiger partial charge >= 0.3 is 0 Å². The predicted octanol–water partition coefficient (Wildman–Crippen LogP) is 6.17. The highest BCUT2D eigenvalue weighted by atomic mass is 35.5. The summed E-state index contributed by atoms with van der Waals surface area (Å²) < 4.78 is 20.5. The van der Waals surface area contributed by atoms with Gasteiger partial charge in [0.15, 0.2) is 5.75 Å². The van der Waals surface area contributed by atoms with E-state index < -0.39 is 5.82 Å². The zero-order valence-corrected chi connectivity index (χ0v) is 17.0. The molecule has 3 nitrogen and oxygen atoms in total. The number of rotatable bonds is 4. The number of hydrogen-bond acceptors (Lipinski definition) is 2. The van der Waals surface area contributed by atoms with Gasteiger partial charge in [0.05, 0.1) is 19.2 Å². The van der Waals surface area contributed by atoms with Crippen LogP contribution in [0.1, 0.15) is 5.56 Å². The largest absolute Gasteiger partial charge is 0.491 e. The van der Waals surface area contributed by atoms with E-state index in [-0.39, 0.29) is 22.9 Å². The van der Waals surface area contributed by atoms with Gasteiger partial charge in [-0.05, 0) is 41.5 Å². The number of hydrogen-bond donors (Lipinski definition) is 0. The van der Waals surface area contributed by atoms with Crippen LogP contribution in [0, 0.1) is 5.82 Å². The van der Waals surface area contributed by atoms with Crippen molar-refractivity contribution >= 4 is 34.1 Å². The van der Waals surface area contributed by atoms with Crippen molar-refractivity contribution in [2.75, 3.05) is 7.11 Å². The van der Waals surface area contributed by atoms with Crippen LogP contribution in [0.4, 0.5) is 4.39 Å². The molecule has 1 aromatic heterocycles. The molecule has 0 saturated heterocycles. The van der Waals surface area contributed by atoms with Crippen molar-refractivity contribution in [2.24, 2.45) is 0 Å². The number of benzene rings is 3. The van der Waals surface area contributed by atoms with Crippen LogP contribution in [0.15, 0.2) is 71.5 Å². The fourth-order valence-corrected chi connectivity index (χ4v) is 3.86. The van der Waals surface area contributed by atoms with Gasteiger partial charge in [-0.15, -0.1) is 0 Å². The summed E-state index contributed by atoms with van der Waals surface area (Å²) in [5.74, 6) is -0.219. The maximum atomic E-state index is 13.4. The number of pyridine rings is 1. The second-order valence-electron chi connectivity index (χ2n) is 6.56. The molecule has 0 aliphatic heterocycles. The van der Waals surface area contributed by atoms with Crippen LogP contribution in [0.3, 0.4) is 0 Å². The van der Waals surface area contributed by atoms with Crippen LogP contribution >= 0.6 is 23.2 Å². The van der Waals surface area contributed by atoms with Crippen LogP contribution in [0.25, 0.3) is 22.0 Å². The van der Waals surface area contributed by atoms with Gasteiger partial charge in [-0.3, -0.25) is 4.79 Å². The highest BCUT2D eigenvalue weighted by molar-refractivity contribution is 6.31. The zero-order chi connectivity index (χ0) is 20.5. The van der Waals surface area contributed by atoms with Crippen LogP contribution in [-0.2, 0) is 6.54 Å². The van der Waals surface area contributed by atoms with E-state index in [1.165, 1.54) is 19.2 Å². The van der Waals surface area contributed by atoms with Crippen molar-refractivity contribution in [3.05, 3.63) is 98.5 Å². The number of aromatic nitrogens is 1. The first-order valence-electron chi connectivity index (χ1n) is 8.89. The monoisotopic (exact) mass is 427 g/mol. The Balaban J connectivity index is 2.04. The Bertz CT molecular complexity index is 1270. The number of nitrogens with zero attached hydrogens (tertiary/aromatic N) is 1. The molecular formula is C23H16Cl2FNO2. The summed E-state index contributed by atoms with van der Waals surface area (Å²) in [6.07, 6.45) is 0. The Kier molecular flexibility index (Phi) is 5.31. The minimum atomic E-state index is -0.431. The summed E-state index contributed by atoms with van der Waals surface area (Å²) in [7, 11) is 1.47. The van der Waals surface area contributed by atoms with Crippen molar-refractivity contribution < 1.29 is 9.13 Å². The van der Waals surface area contributed by atoms with E-state index in [9.17, 15) is 9.18 Å². The van der Waals surface area contributed by atoms with Gasteiger partial charge in [0.2, 0.25) is 0 Å². The lowest BCUT2D eigenvalue weighted by molar-refractivity contribution is 0.407. The minimum absolute atomic E-state index is 0.168. The highest BCUT2D eigenvalue weighted by Crippen LogP contribution is 2.36. The number of methoxy groups -OCH3 is 1. The summed E-state index contributed by atoms with van der Waals surface area (Å²) >= 11 is 12.5. The molecule has 4 rings (SSSR count). The molecule has 6 heteroatoms. The molecule has 0 amide bonds. The van der Waals surface area contributed by atoms with Crippen molar-refractivity contribution in [1.29, 1.82) is 0 Å². The van der Waals surface area contributed by atoms with Gasteiger partial charge in [0.25, 0.3) is 5.56 Å². The smallest absolute Gasteiger partial charge is 0.294 e. The van der Waals surface area contributed by atoms with Crippen molar-refractivity contribution in [1.82, 2.24) is 4.57 Å². The molecule has 0 aliphatic carbocycles. The topological polar surface area (TPSA) is 31.2 Å². The number of ether oxygens (including phenoxy) is 1. The van der Waals surface area contributed by atoms with Gasteiger partial charge in [-0.25, -0.2) is 4.39 Å². The molecule has 4 aromatic rings. The first kappa shape index (κ1) is 19.5. The highest BCUT2D eigenvalue weighted by Gasteiger charge is 2.20. The van der Waals surface area contributed by atoms with Crippen molar-refractivity contribution in [2.45, 2.75) is 6.54 Å². The quantitative estimate of drug-likeness (QED) is 0.389. The minimum Gasteiger partial charge on any atom is -0.491 e. The molecule has 0 radical (unpaired) electrons. The van der Waals surface area contributed by atoms with E-state index in [0.29, 0.717) is 21.7 Å². The third-order valence-corrected chi connectivity index (χ3v) is 5.38. The van der Waals surface area contributed by atoms with E-state index in [0.717, 1.165) is 10.9 Å². The molecule has 0 N–H and O–H groups in total. The summed E-state index contributed by atoms with van der Waals surface area (Å²) in [5.41, 5.74) is 2.53. The normalized spacial score (nSPS) is 11.0. The standard InChI is InChI=1S/C23H16Cl2FNO2/c1-29-22-21(14-5-3-2-4-6-14)18-11-16(24)8-10-20(18)27(23(22)28)13-15-7-9-17(26)12-19(15)25/h2-12H,13H2,1H3. The lowest BCUT2D eigenvalue weighted by Crippen LogP contribution is -2.23. The average molecular weight is 428 g/mol. The second kappa shape index (κ2) is 7.90. The van der Waals surface area contributed by atoms with Crippen LogP contribution in [0.5, 0.6) is 5.75 Å². The molecule has 0 bridgehead atoms. The first-order valence-corrected chi connectivity index (χ1v) is 9.64. The van der Waals surface area contributed by atoms with Gasteiger partial charge in [-0.1, -0.05) is 59.6 Å². The average Bonchev–Trinajstić information content (AvgIpc) is 2.71. The predicted molar refractivity (Wildman–Crippen MR) is 116 cm³/mol. The van der Waals surface area contributed by atoms with E-state index >= 15 is 0 Å². The Morgan fingerprint density at radius 2 is 1.76 bits per heavy atom. The summed E-state index contributed by atoms with van der Waals surface area (Å²) in [4.78, 5) is 13.4. The third kappa shape index (κ3) is 3.61. The molecule has 0 aliphatic rings. The molecule has 0 unspecified atom stereocenters. The van der Waals surface area contributed by atoms with E-state index in [1.54, 1.807) is 22.8 Å². The Morgan fingerprint density at radius 3 is 2.45 bits per heavy atom. The fraction of sp³-hybridized carbons (Fsp3) is 0.0870. The summed E-state index contributed by atoms with van der Waals surface area (Å²) in [6.45, 7) is 0.168. The van der Waals surface area contributed by atoms with Gasteiger partial charge in [0.1, 0.15) is 5.82 Å².